The molecule has 0 fully saturated rings. The standard InChI is InChI=1S/C16H13N5O7S.C16H13N5O4.Cr.2Na/c1-9-14(16(23)20(19-9)10-5-3-2-4-6-10)18-17-12-7-11(21(24)25)8-13(15(12)22)29(26,27)28;1-10-15(16(23)20(19-10)11-5-3-2-4-6-11)18-17-13-8-7-12(21(24)25)9-14(13)22;;;/h2-8,22-23H,1H3,(H,26,27,28);2-9,22-23H,1H3;;;/q;;+3;2*+1/p-5. The van der Waals surface area contributed by atoms with Gasteiger partial charge in [-0.2, -0.15) is 20.4 Å². The molecule has 0 aliphatic carbocycles. The van der Waals surface area contributed by atoms with Crippen molar-refractivity contribution in [1.82, 2.24) is 19.6 Å². The molecular weight excluding hydrogens is 830 g/mol. The molecule has 0 spiro atoms. The number of nitro benzene ring substituents is 2. The Balaban J connectivity index is 0.000000377. The normalized spacial score (nSPS) is 10.9. The summed E-state index contributed by atoms with van der Waals surface area (Å²) in [5.74, 6) is -3.16. The zero-order valence-electron chi connectivity index (χ0n) is 29.9. The van der Waals surface area contributed by atoms with Crippen molar-refractivity contribution in [3.05, 3.63) is 123 Å². The molecule has 0 aliphatic heterocycles. The second-order valence-electron chi connectivity index (χ2n) is 10.8. The largest absolute Gasteiger partial charge is 3.00 e. The summed E-state index contributed by atoms with van der Waals surface area (Å²) in [5, 5.41) is 93.3. The third kappa shape index (κ3) is 11.3. The SMILES string of the molecule is Cc1nn(-c2ccccc2)c([O-])c1N=Nc1cc([N+](=O)[O-])cc(S(=O)(=O)[O-])c1[O-].Cc1nn(-c2ccccc2)c([O-])c1N=Nc1ccc([N+](=O)[O-])cc1[O-].[Cr+3].[Na+].[Na+]. The number of azo groups is 2. The quantitative estimate of drug-likeness (QED) is 0.0511. The van der Waals surface area contributed by atoms with Crippen LogP contribution in [0.15, 0.2) is 116 Å². The fraction of sp³-hybridized carbons (Fsp3) is 0.0625. The molecular formula is C32H21CrN10Na2O11S. The summed E-state index contributed by atoms with van der Waals surface area (Å²) in [6.07, 6.45) is 0. The third-order valence-electron chi connectivity index (χ3n) is 7.15. The van der Waals surface area contributed by atoms with E-state index < -0.39 is 59.5 Å². The van der Waals surface area contributed by atoms with Crippen molar-refractivity contribution in [1.29, 1.82) is 0 Å². The van der Waals surface area contributed by atoms with Crippen molar-refractivity contribution in [2.24, 2.45) is 20.5 Å². The first-order valence-electron chi connectivity index (χ1n) is 14.9. The molecule has 21 nitrogen and oxygen atoms in total. The molecule has 0 saturated carbocycles. The average molecular weight is 852 g/mol. The fourth-order valence-corrected chi connectivity index (χ4v) is 5.16. The number of non-ortho nitro benzene ring substituents is 2. The molecule has 4 aromatic carbocycles. The van der Waals surface area contributed by atoms with E-state index in [9.17, 15) is 53.6 Å². The van der Waals surface area contributed by atoms with Gasteiger partial charge in [0, 0.05) is 36.0 Å². The number of para-hydroxylation sites is 2. The Bertz CT molecular complexity index is 2580. The van der Waals surface area contributed by atoms with Gasteiger partial charge >= 0.3 is 76.5 Å². The maximum Gasteiger partial charge on any atom is 3.00 e. The van der Waals surface area contributed by atoms with Gasteiger partial charge in [0.2, 0.25) is 0 Å². The first-order valence-corrected chi connectivity index (χ1v) is 16.4. The minimum absolute atomic E-state index is 0. The van der Waals surface area contributed by atoms with Gasteiger partial charge in [0.1, 0.15) is 21.5 Å². The number of benzene rings is 4. The van der Waals surface area contributed by atoms with Gasteiger partial charge in [-0.15, -0.1) is 10.2 Å². The topological polar surface area (TPSA) is 321 Å². The fourth-order valence-electron chi connectivity index (χ4n) is 4.56. The van der Waals surface area contributed by atoms with Gasteiger partial charge in [0.15, 0.2) is 0 Å². The molecule has 57 heavy (non-hydrogen) atoms. The van der Waals surface area contributed by atoms with Crippen LogP contribution < -0.4 is 79.5 Å². The molecule has 0 unspecified atom stereocenters. The van der Waals surface area contributed by atoms with Crippen LogP contribution in [0, 0.1) is 34.1 Å². The molecule has 0 N–H and O–H groups in total. The molecule has 2 aromatic heterocycles. The molecule has 0 atom stereocenters. The zero-order valence-corrected chi connectivity index (χ0v) is 36.0. The minimum Gasteiger partial charge on any atom is -0.871 e. The summed E-state index contributed by atoms with van der Waals surface area (Å²) in [7, 11) is -5.29. The van der Waals surface area contributed by atoms with Crippen molar-refractivity contribution >= 4 is 44.2 Å². The van der Waals surface area contributed by atoms with E-state index in [0.717, 1.165) is 16.8 Å². The predicted octanol–water partition coefficient (Wildman–Crippen LogP) is -1.79. The van der Waals surface area contributed by atoms with E-state index in [1.54, 1.807) is 61.5 Å². The molecule has 279 valence electrons. The minimum atomic E-state index is -5.29. The van der Waals surface area contributed by atoms with E-state index in [1.165, 1.54) is 17.7 Å². The molecule has 25 heteroatoms. The number of nitrogens with zero attached hydrogens (tertiary/aromatic N) is 10. The van der Waals surface area contributed by atoms with E-state index in [4.69, 9.17) is 0 Å². The Kier molecular flexibility index (Phi) is 17.2. The maximum atomic E-state index is 12.5. The van der Waals surface area contributed by atoms with Crippen LogP contribution >= 0.6 is 0 Å². The number of aryl methyl sites for hydroxylation is 2. The van der Waals surface area contributed by atoms with E-state index >= 15 is 0 Å². The van der Waals surface area contributed by atoms with E-state index in [-0.39, 0.29) is 105 Å². The van der Waals surface area contributed by atoms with Crippen LogP contribution in [0.4, 0.5) is 34.1 Å². The number of hydrogen-bond donors (Lipinski definition) is 0. The smallest absolute Gasteiger partial charge is 0.871 e. The van der Waals surface area contributed by atoms with Crippen molar-refractivity contribution < 1.29 is 120 Å². The van der Waals surface area contributed by atoms with Gasteiger partial charge < -0.3 is 25.0 Å². The van der Waals surface area contributed by atoms with Gasteiger partial charge in [-0.25, -0.2) is 17.8 Å². The van der Waals surface area contributed by atoms with Crippen LogP contribution in [0.1, 0.15) is 11.4 Å². The zero-order chi connectivity index (χ0) is 39.3. The van der Waals surface area contributed by atoms with Crippen LogP contribution in [-0.4, -0.2) is 42.4 Å². The van der Waals surface area contributed by atoms with E-state index in [2.05, 4.69) is 30.7 Å². The number of aromatic nitrogens is 4. The Labute approximate surface area is 376 Å². The molecule has 0 amide bonds. The van der Waals surface area contributed by atoms with E-state index in [0.29, 0.717) is 29.2 Å². The van der Waals surface area contributed by atoms with Gasteiger partial charge in [-0.1, -0.05) is 47.9 Å². The third-order valence-corrected chi connectivity index (χ3v) is 7.99. The van der Waals surface area contributed by atoms with Gasteiger partial charge in [0.25, 0.3) is 11.4 Å². The Hall–Kier alpha value is -5.06. The number of nitro groups is 2. The van der Waals surface area contributed by atoms with Gasteiger partial charge in [-0.3, -0.25) is 20.2 Å². The second kappa shape index (κ2) is 20.4. The Morgan fingerprint density at radius 3 is 1.46 bits per heavy atom. The van der Waals surface area contributed by atoms with Crippen molar-refractivity contribution in [2.75, 3.05) is 0 Å². The Morgan fingerprint density at radius 2 is 1.05 bits per heavy atom. The maximum absolute atomic E-state index is 12.5. The first-order chi connectivity index (χ1) is 25.6. The average Bonchev–Trinajstić information content (AvgIpc) is 3.59. The predicted molar refractivity (Wildman–Crippen MR) is 177 cm³/mol. The van der Waals surface area contributed by atoms with Gasteiger partial charge in [-0.05, 0) is 44.2 Å². The van der Waals surface area contributed by atoms with Crippen molar-refractivity contribution in [3.8, 4) is 34.6 Å². The summed E-state index contributed by atoms with van der Waals surface area (Å²) in [4.78, 5) is 18.6. The number of hydrogen-bond acceptors (Lipinski definition) is 17. The summed E-state index contributed by atoms with van der Waals surface area (Å²) >= 11 is 0. The van der Waals surface area contributed by atoms with Crippen LogP contribution in [0.5, 0.6) is 23.3 Å². The molecule has 0 bridgehead atoms. The summed E-state index contributed by atoms with van der Waals surface area (Å²) in [6, 6.07) is 21.3. The van der Waals surface area contributed by atoms with Crippen LogP contribution in [-0.2, 0) is 27.5 Å². The molecule has 1 radical (unpaired) electrons. The molecule has 0 aliphatic rings. The summed E-state index contributed by atoms with van der Waals surface area (Å²) in [6.45, 7) is 3.05. The van der Waals surface area contributed by atoms with Crippen LogP contribution in [0.3, 0.4) is 0 Å². The molecule has 6 rings (SSSR count). The molecule has 6 aromatic rings. The number of rotatable bonds is 9. The van der Waals surface area contributed by atoms with Gasteiger partial charge in [0.05, 0.1) is 48.9 Å². The summed E-state index contributed by atoms with van der Waals surface area (Å²) in [5.41, 5.74) is -0.777. The van der Waals surface area contributed by atoms with Crippen LogP contribution in [0.25, 0.3) is 11.4 Å². The second-order valence-corrected chi connectivity index (χ2v) is 12.1. The van der Waals surface area contributed by atoms with Crippen molar-refractivity contribution in [3.63, 3.8) is 0 Å². The molecule has 0 saturated heterocycles. The summed E-state index contributed by atoms with van der Waals surface area (Å²) < 4.78 is 35.9. The van der Waals surface area contributed by atoms with E-state index in [1.807, 2.05) is 6.07 Å². The first kappa shape index (κ1) is 48.1. The van der Waals surface area contributed by atoms with Crippen molar-refractivity contribution in [2.45, 2.75) is 18.7 Å². The van der Waals surface area contributed by atoms with Crippen LogP contribution in [0.2, 0.25) is 0 Å². The monoisotopic (exact) mass is 851 g/mol. The molecule has 2 heterocycles. The Morgan fingerprint density at radius 1 is 0.614 bits per heavy atom.